The summed E-state index contributed by atoms with van der Waals surface area (Å²) >= 11 is 0. The molecule has 2 saturated heterocycles. The monoisotopic (exact) mass is 632 g/mol. The number of benzene rings is 4. The fraction of sp³-hybridized carbons (Fsp3) is 0.333. The Labute approximate surface area is 275 Å². The second-order valence-corrected chi connectivity index (χ2v) is 12.8. The van der Waals surface area contributed by atoms with Gasteiger partial charge in [-0.15, -0.1) is 0 Å². The molecule has 5 atom stereocenters. The van der Waals surface area contributed by atoms with Gasteiger partial charge in [-0.3, -0.25) is 19.4 Å². The van der Waals surface area contributed by atoms with Gasteiger partial charge in [0.15, 0.2) is 6.29 Å². The summed E-state index contributed by atoms with van der Waals surface area (Å²) in [4.78, 5) is 29.8. The molecular weight excluding hydrogens is 592 g/mol. The molecule has 0 radical (unpaired) electrons. The van der Waals surface area contributed by atoms with Crippen molar-refractivity contribution in [1.82, 2.24) is 9.80 Å². The summed E-state index contributed by atoms with van der Waals surface area (Å²) < 4.78 is 13.4. The van der Waals surface area contributed by atoms with Gasteiger partial charge in [0.1, 0.15) is 0 Å². The second kappa shape index (κ2) is 13.5. The van der Waals surface area contributed by atoms with Crippen molar-refractivity contribution in [3.63, 3.8) is 0 Å². The summed E-state index contributed by atoms with van der Waals surface area (Å²) in [6, 6.07) is 30.9. The van der Waals surface area contributed by atoms with Gasteiger partial charge in [-0.1, -0.05) is 91.9 Å². The second-order valence-electron chi connectivity index (χ2n) is 12.8. The number of imide groups is 1. The third kappa shape index (κ3) is 6.15. The summed E-state index contributed by atoms with van der Waals surface area (Å²) in [5.74, 6) is -0.490. The number of nitrogens with zero attached hydrogens (tertiary/aromatic N) is 2. The van der Waals surface area contributed by atoms with Crippen LogP contribution in [-0.2, 0) is 22.6 Å². The van der Waals surface area contributed by atoms with Crippen molar-refractivity contribution in [3.8, 4) is 11.1 Å². The zero-order valence-corrected chi connectivity index (χ0v) is 26.5. The van der Waals surface area contributed by atoms with E-state index in [1.54, 1.807) is 24.3 Å². The van der Waals surface area contributed by atoms with E-state index in [2.05, 4.69) is 11.8 Å². The Kier molecular flexibility index (Phi) is 9.03. The molecule has 8 heteroatoms. The number of aliphatic hydroxyl groups is 2. The first kappa shape index (κ1) is 31.4. The van der Waals surface area contributed by atoms with Gasteiger partial charge >= 0.3 is 0 Å². The molecule has 3 aliphatic heterocycles. The molecule has 0 spiro atoms. The molecule has 2 fully saturated rings. The number of likely N-dealkylation sites (tertiary alicyclic amines) is 1. The predicted molar refractivity (Wildman–Crippen MR) is 177 cm³/mol. The van der Waals surface area contributed by atoms with Gasteiger partial charge in [0.25, 0.3) is 11.8 Å². The largest absolute Gasteiger partial charge is 0.395 e. The summed E-state index contributed by atoms with van der Waals surface area (Å²) in [7, 11) is 0. The molecule has 7 rings (SSSR count). The van der Waals surface area contributed by atoms with Crippen molar-refractivity contribution in [2.75, 3.05) is 19.7 Å². The van der Waals surface area contributed by atoms with Crippen LogP contribution in [0.3, 0.4) is 0 Å². The van der Waals surface area contributed by atoms with Gasteiger partial charge in [-0.05, 0) is 59.3 Å². The Morgan fingerprint density at radius 1 is 0.766 bits per heavy atom. The molecule has 0 aromatic heterocycles. The molecule has 0 bridgehead atoms. The van der Waals surface area contributed by atoms with Crippen LogP contribution in [0.15, 0.2) is 97.1 Å². The van der Waals surface area contributed by atoms with E-state index in [4.69, 9.17) is 9.47 Å². The van der Waals surface area contributed by atoms with Gasteiger partial charge in [0.05, 0.1) is 43.1 Å². The summed E-state index contributed by atoms with van der Waals surface area (Å²) in [5, 5.41) is 19.5. The number of hydrogen-bond donors (Lipinski definition) is 2. The van der Waals surface area contributed by atoms with Crippen molar-refractivity contribution in [2.45, 2.75) is 57.5 Å². The van der Waals surface area contributed by atoms with Gasteiger partial charge in [0, 0.05) is 24.1 Å². The Hall–Kier alpha value is -4.18. The first-order valence-electron chi connectivity index (χ1n) is 16.4. The van der Waals surface area contributed by atoms with Crippen LogP contribution >= 0.6 is 0 Å². The number of fused-ring (bicyclic) bond motifs is 1. The molecule has 3 aliphatic rings. The van der Waals surface area contributed by atoms with E-state index in [1.807, 2.05) is 72.8 Å². The number of amides is 2. The van der Waals surface area contributed by atoms with Gasteiger partial charge in [-0.25, -0.2) is 0 Å². The van der Waals surface area contributed by atoms with Crippen LogP contribution in [0.5, 0.6) is 0 Å². The Balaban J connectivity index is 1.14. The van der Waals surface area contributed by atoms with Crippen molar-refractivity contribution in [3.05, 3.63) is 130 Å². The lowest BCUT2D eigenvalue weighted by Gasteiger charge is -2.43. The highest BCUT2D eigenvalue weighted by atomic mass is 16.7. The zero-order chi connectivity index (χ0) is 32.5. The van der Waals surface area contributed by atoms with E-state index in [0.29, 0.717) is 17.7 Å². The molecule has 0 saturated carbocycles. The predicted octanol–water partition coefficient (Wildman–Crippen LogP) is 5.89. The molecule has 2 N–H and O–H groups in total. The van der Waals surface area contributed by atoms with Crippen LogP contribution in [0.2, 0.25) is 0 Å². The van der Waals surface area contributed by atoms with Crippen molar-refractivity contribution in [2.24, 2.45) is 5.92 Å². The zero-order valence-electron chi connectivity index (χ0n) is 26.5. The summed E-state index contributed by atoms with van der Waals surface area (Å²) in [6.07, 6.45) is 1.11. The highest BCUT2D eigenvalue weighted by Crippen LogP contribution is 2.43. The van der Waals surface area contributed by atoms with Gasteiger partial charge in [-0.2, -0.15) is 0 Å². The Bertz CT molecular complexity index is 1700. The maximum absolute atomic E-state index is 13.1. The van der Waals surface area contributed by atoms with E-state index in [1.165, 1.54) is 4.90 Å². The first-order chi connectivity index (χ1) is 22.9. The molecule has 4 aromatic rings. The molecule has 242 valence electrons. The molecule has 8 nitrogen and oxygen atoms in total. The molecular formula is C39H40N2O6. The minimum atomic E-state index is -0.600. The van der Waals surface area contributed by atoms with Crippen molar-refractivity contribution >= 4 is 11.8 Å². The SMILES string of the molecule is C[C@H]1[C@@H](CN2CCC[C@H]2CO)O[C@@H](c2ccc(-c3ccccc3CN3C(=O)c4ccccc4C3=O)cc2)O[C@H]1c1ccc(CO)cc1. The lowest BCUT2D eigenvalue weighted by Crippen LogP contribution is -2.46. The lowest BCUT2D eigenvalue weighted by molar-refractivity contribution is -0.276. The number of carbonyl (C=O) groups excluding carboxylic acids is 2. The molecule has 4 aromatic carbocycles. The molecule has 47 heavy (non-hydrogen) atoms. The fourth-order valence-corrected chi connectivity index (χ4v) is 7.21. The molecule has 3 heterocycles. The van der Waals surface area contributed by atoms with E-state index in [-0.39, 0.29) is 55.7 Å². The van der Waals surface area contributed by atoms with E-state index < -0.39 is 6.29 Å². The number of aliphatic hydroxyl groups excluding tert-OH is 2. The number of carbonyl (C=O) groups is 2. The summed E-state index contributed by atoms with van der Waals surface area (Å²) in [5.41, 5.74) is 6.44. The van der Waals surface area contributed by atoms with Crippen LogP contribution in [0.1, 0.15) is 75.1 Å². The molecule has 2 amide bonds. The fourth-order valence-electron chi connectivity index (χ4n) is 7.21. The molecule has 0 aliphatic carbocycles. The number of ether oxygens (including phenoxy) is 2. The quantitative estimate of drug-likeness (QED) is 0.222. The third-order valence-electron chi connectivity index (χ3n) is 9.97. The normalized spacial score (nSPS) is 24.6. The van der Waals surface area contributed by atoms with Crippen LogP contribution in [0.4, 0.5) is 0 Å². The van der Waals surface area contributed by atoms with Gasteiger partial charge in [0.2, 0.25) is 0 Å². The Morgan fingerprint density at radius 2 is 1.40 bits per heavy atom. The third-order valence-corrected chi connectivity index (χ3v) is 9.97. The van der Waals surface area contributed by atoms with Gasteiger partial charge < -0.3 is 19.7 Å². The standard InChI is InChI=1S/C39H40N2O6/c1-25-35(22-40-20-6-8-31(40)24-43)46-39(47-36(25)28-14-12-26(23-42)13-15-28)29-18-16-27(17-19-29)32-9-3-2-7-30(32)21-41-37(44)33-10-4-5-11-34(33)38(41)45/h2-5,7,9-19,25,31,35-36,39,42-43H,6,8,20-24H2,1H3/t25-,31-,35+,36+,39+/m0/s1. The van der Waals surface area contributed by atoms with Crippen molar-refractivity contribution < 1.29 is 29.3 Å². The van der Waals surface area contributed by atoms with E-state index in [9.17, 15) is 19.8 Å². The maximum Gasteiger partial charge on any atom is 0.261 e. The smallest absolute Gasteiger partial charge is 0.261 e. The minimum absolute atomic E-state index is 0.0129. The lowest BCUT2D eigenvalue weighted by atomic mass is 9.89. The van der Waals surface area contributed by atoms with E-state index >= 15 is 0 Å². The Morgan fingerprint density at radius 3 is 2.06 bits per heavy atom. The number of rotatable bonds is 9. The maximum atomic E-state index is 13.1. The van der Waals surface area contributed by atoms with Crippen LogP contribution in [-0.4, -0.2) is 63.7 Å². The highest BCUT2D eigenvalue weighted by Gasteiger charge is 2.40. The summed E-state index contributed by atoms with van der Waals surface area (Å²) in [6.45, 7) is 4.11. The highest BCUT2D eigenvalue weighted by molar-refractivity contribution is 6.21. The van der Waals surface area contributed by atoms with Crippen LogP contribution in [0.25, 0.3) is 11.1 Å². The average molecular weight is 633 g/mol. The minimum Gasteiger partial charge on any atom is -0.395 e. The molecule has 0 unspecified atom stereocenters. The average Bonchev–Trinajstić information content (AvgIpc) is 3.67. The topological polar surface area (TPSA) is 99.5 Å². The van der Waals surface area contributed by atoms with Crippen molar-refractivity contribution in [1.29, 1.82) is 0 Å². The van der Waals surface area contributed by atoms with Crippen LogP contribution < -0.4 is 0 Å². The van der Waals surface area contributed by atoms with Crippen LogP contribution in [0, 0.1) is 5.92 Å². The van der Waals surface area contributed by atoms with E-state index in [0.717, 1.165) is 52.8 Å². The first-order valence-corrected chi connectivity index (χ1v) is 16.4. The number of hydrogen-bond acceptors (Lipinski definition) is 7.